The van der Waals surface area contributed by atoms with E-state index in [1.54, 1.807) is 12.1 Å². The van der Waals surface area contributed by atoms with Crippen LogP contribution in [0.1, 0.15) is 55.5 Å². The van der Waals surface area contributed by atoms with Gasteiger partial charge in [-0.3, -0.25) is 0 Å². The van der Waals surface area contributed by atoms with Gasteiger partial charge < -0.3 is 10.5 Å². The molecule has 0 aliphatic rings. The van der Waals surface area contributed by atoms with Crippen molar-refractivity contribution in [3.05, 3.63) is 35.4 Å². The van der Waals surface area contributed by atoms with Gasteiger partial charge in [-0.2, -0.15) is 0 Å². The Kier molecular flexibility index (Phi) is 7.19. The van der Waals surface area contributed by atoms with E-state index >= 15 is 0 Å². The molecule has 0 heterocycles. The average molecular weight is 263 g/mol. The molecule has 0 fully saturated rings. The number of rotatable bonds is 8. The van der Waals surface area contributed by atoms with Gasteiger partial charge >= 0.3 is 5.97 Å². The maximum absolute atomic E-state index is 11.9. The predicted octanol–water partition coefficient (Wildman–Crippen LogP) is 3.52. The minimum absolute atomic E-state index is 0.245. The van der Waals surface area contributed by atoms with E-state index in [1.165, 1.54) is 12.8 Å². The molecule has 3 heteroatoms. The number of carbonyl (C=O) groups is 1. The zero-order chi connectivity index (χ0) is 14.1. The van der Waals surface area contributed by atoms with Crippen LogP contribution in [0.3, 0.4) is 0 Å². The van der Waals surface area contributed by atoms with Crippen LogP contribution in [0.5, 0.6) is 0 Å². The Balaban J connectivity index is 2.49. The Morgan fingerprint density at radius 3 is 2.79 bits per heavy atom. The van der Waals surface area contributed by atoms with Crippen LogP contribution < -0.4 is 5.73 Å². The van der Waals surface area contributed by atoms with E-state index < -0.39 is 0 Å². The third kappa shape index (κ3) is 5.43. The van der Waals surface area contributed by atoms with Crippen LogP contribution in [0.4, 0.5) is 0 Å². The van der Waals surface area contributed by atoms with E-state index in [1.807, 2.05) is 12.1 Å². The Morgan fingerprint density at radius 2 is 2.16 bits per heavy atom. The van der Waals surface area contributed by atoms with Gasteiger partial charge in [0.05, 0.1) is 12.2 Å². The molecule has 0 aromatic heterocycles. The van der Waals surface area contributed by atoms with Crippen molar-refractivity contribution in [1.29, 1.82) is 0 Å². The molecule has 0 saturated heterocycles. The molecule has 0 radical (unpaired) electrons. The third-order valence-electron chi connectivity index (χ3n) is 3.39. The quantitative estimate of drug-likeness (QED) is 0.730. The van der Waals surface area contributed by atoms with Gasteiger partial charge in [0.15, 0.2) is 0 Å². The molecule has 1 unspecified atom stereocenters. The molecule has 0 spiro atoms. The summed E-state index contributed by atoms with van der Waals surface area (Å²) in [6, 6.07) is 7.32. The molecule has 106 valence electrons. The van der Waals surface area contributed by atoms with Gasteiger partial charge in [-0.25, -0.2) is 4.79 Å². The summed E-state index contributed by atoms with van der Waals surface area (Å²) >= 11 is 0. The van der Waals surface area contributed by atoms with Crippen molar-refractivity contribution in [1.82, 2.24) is 0 Å². The van der Waals surface area contributed by atoms with Crippen molar-refractivity contribution in [2.24, 2.45) is 11.7 Å². The van der Waals surface area contributed by atoms with Gasteiger partial charge in [0, 0.05) is 6.54 Å². The van der Waals surface area contributed by atoms with Crippen molar-refractivity contribution in [2.75, 3.05) is 6.61 Å². The highest BCUT2D eigenvalue weighted by Gasteiger charge is 2.12. The highest BCUT2D eigenvalue weighted by molar-refractivity contribution is 5.89. The van der Waals surface area contributed by atoms with Crippen LogP contribution in [0.25, 0.3) is 0 Å². The van der Waals surface area contributed by atoms with Crippen LogP contribution in [0.15, 0.2) is 24.3 Å². The first-order chi connectivity index (χ1) is 9.21. The second-order valence-electron chi connectivity index (χ2n) is 4.92. The molecule has 0 bridgehead atoms. The summed E-state index contributed by atoms with van der Waals surface area (Å²) in [5.41, 5.74) is 7.11. The molecule has 1 aromatic carbocycles. The number of nitrogens with two attached hydrogens (primary N) is 1. The Labute approximate surface area is 116 Å². The zero-order valence-corrected chi connectivity index (χ0v) is 12.0. The average Bonchev–Trinajstić information content (AvgIpc) is 2.47. The summed E-state index contributed by atoms with van der Waals surface area (Å²) in [5.74, 6) is 0.229. The van der Waals surface area contributed by atoms with Crippen LogP contribution in [0.2, 0.25) is 0 Å². The summed E-state index contributed by atoms with van der Waals surface area (Å²) in [6.45, 7) is 5.28. The van der Waals surface area contributed by atoms with E-state index in [2.05, 4.69) is 13.8 Å². The first kappa shape index (κ1) is 15.7. The molecule has 19 heavy (non-hydrogen) atoms. The van der Waals surface area contributed by atoms with E-state index in [-0.39, 0.29) is 5.97 Å². The lowest BCUT2D eigenvalue weighted by molar-refractivity contribution is 0.0428. The summed E-state index contributed by atoms with van der Waals surface area (Å²) in [5, 5.41) is 0. The number of ether oxygens (including phenoxy) is 1. The topological polar surface area (TPSA) is 52.3 Å². The van der Waals surface area contributed by atoms with Gasteiger partial charge in [-0.15, -0.1) is 0 Å². The second kappa shape index (κ2) is 8.70. The fourth-order valence-corrected chi connectivity index (χ4v) is 2.00. The SMILES string of the molecule is CCCCC(CC)COC(=O)c1cccc(CN)c1. The van der Waals surface area contributed by atoms with E-state index in [0.717, 1.165) is 18.4 Å². The van der Waals surface area contributed by atoms with E-state index in [0.29, 0.717) is 24.6 Å². The minimum atomic E-state index is -0.245. The summed E-state index contributed by atoms with van der Waals surface area (Å²) in [6.07, 6.45) is 4.56. The van der Waals surface area contributed by atoms with Gasteiger partial charge in [0.25, 0.3) is 0 Å². The summed E-state index contributed by atoms with van der Waals surface area (Å²) in [7, 11) is 0. The lowest BCUT2D eigenvalue weighted by Gasteiger charge is -2.14. The van der Waals surface area contributed by atoms with Crippen molar-refractivity contribution >= 4 is 5.97 Å². The number of hydrogen-bond acceptors (Lipinski definition) is 3. The predicted molar refractivity (Wildman–Crippen MR) is 77.9 cm³/mol. The monoisotopic (exact) mass is 263 g/mol. The first-order valence-corrected chi connectivity index (χ1v) is 7.17. The minimum Gasteiger partial charge on any atom is -0.462 e. The van der Waals surface area contributed by atoms with Gasteiger partial charge in [-0.1, -0.05) is 45.2 Å². The maximum Gasteiger partial charge on any atom is 0.338 e. The van der Waals surface area contributed by atoms with Crippen LogP contribution in [-0.4, -0.2) is 12.6 Å². The Hall–Kier alpha value is -1.35. The number of benzene rings is 1. The molecular weight excluding hydrogens is 238 g/mol. The molecular formula is C16H25NO2. The summed E-state index contributed by atoms with van der Waals surface area (Å²) < 4.78 is 5.40. The molecule has 0 saturated carbocycles. The normalized spacial score (nSPS) is 12.2. The van der Waals surface area contributed by atoms with Crippen molar-refractivity contribution in [3.8, 4) is 0 Å². The highest BCUT2D eigenvalue weighted by Crippen LogP contribution is 2.14. The third-order valence-corrected chi connectivity index (χ3v) is 3.39. The van der Waals surface area contributed by atoms with Crippen LogP contribution in [-0.2, 0) is 11.3 Å². The molecule has 1 aromatic rings. The molecule has 0 aliphatic heterocycles. The van der Waals surface area contributed by atoms with Crippen molar-refractivity contribution in [2.45, 2.75) is 46.1 Å². The molecule has 2 N–H and O–H groups in total. The number of hydrogen-bond donors (Lipinski definition) is 1. The first-order valence-electron chi connectivity index (χ1n) is 7.17. The lowest BCUT2D eigenvalue weighted by atomic mass is 10.0. The van der Waals surface area contributed by atoms with Crippen molar-refractivity contribution < 1.29 is 9.53 Å². The number of unbranched alkanes of at least 4 members (excludes halogenated alkanes) is 1. The second-order valence-corrected chi connectivity index (χ2v) is 4.92. The molecule has 0 amide bonds. The Bertz CT molecular complexity index is 390. The number of carbonyl (C=O) groups excluding carboxylic acids is 1. The largest absolute Gasteiger partial charge is 0.462 e. The maximum atomic E-state index is 11.9. The Morgan fingerprint density at radius 1 is 1.37 bits per heavy atom. The van der Waals surface area contributed by atoms with E-state index in [4.69, 9.17) is 10.5 Å². The van der Waals surface area contributed by atoms with Crippen molar-refractivity contribution in [3.63, 3.8) is 0 Å². The fourth-order valence-electron chi connectivity index (χ4n) is 2.00. The van der Waals surface area contributed by atoms with Gasteiger partial charge in [0.1, 0.15) is 0 Å². The molecule has 1 atom stereocenters. The van der Waals surface area contributed by atoms with Crippen LogP contribution in [0, 0.1) is 5.92 Å². The van der Waals surface area contributed by atoms with E-state index in [9.17, 15) is 4.79 Å². The smallest absolute Gasteiger partial charge is 0.338 e. The van der Waals surface area contributed by atoms with Gasteiger partial charge in [-0.05, 0) is 30.0 Å². The zero-order valence-electron chi connectivity index (χ0n) is 12.0. The van der Waals surface area contributed by atoms with Gasteiger partial charge in [0.2, 0.25) is 0 Å². The highest BCUT2D eigenvalue weighted by atomic mass is 16.5. The molecule has 1 rings (SSSR count). The van der Waals surface area contributed by atoms with Crippen LogP contribution >= 0.6 is 0 Å². The lowest BCUT2D eigenvalue weighted by Crippen LogP contribution is -2.14. The molecule has 0 aliphatic carbocycles. The standard InChI is InChI=1S/C16H25NO2/c1-3-5-7-13(4-2)12-19-16(18)15-9-6-8-14(10-15)11-17/h6,8-10,13H,3-5,7,11-12,17H2,1-2H3. The fraction of sp³-hybridized carbons (Fsp3) is 0.562. The molecule has 3 nitrogen and oxygen atoms in total. The number of esters is 1. The summed E-state index contributed by atoms with van der Waals surface area (Å²) in [4.78, 5) is 11.9.